The third kappa shape index (κ3) is 3.67. The Morgan fingerprint density at radius 3 is 1.95 bits per heavy atom. The molecular weight excluding hydrogens is 413 g/mol. The topological polar surface area (TPSA) is 0 Å². The molecule has 0 unspecified atom stereocenters. The number of hydrogen-bond donors (Lipinski definition) is 0. The summed E-state index contributed by atoms with van der Waals surface area (Å²) in [6.45, 7) is 2.30. The normalized spacial score (nSPS) is 29.3. The van der Waals surface area contributed by atoms with Crippen molar-refractivity contribution in [2.45, 2.75) is 25.0 Å². The van der Waals surface area contributed by atoms with Crippen molar-refractivity contribution >= 4 is 94.1 Å². The molecule has 21 heavy (non-hydrogen) atoms. The van der Waals surface area contributed by atoms with Gasteiger partial charge in [0.25, 0.3) is 0 Å². The molecule has 0 aromatic carbocycles. The Morgan fingerprint density at radius 2 is 1.33 bits per heavy atom. The van der Waals surface area contributed by atoms with Crippen molar-refractivity contribution in [3.63, 3.8) is 0 Å². The summed E-state index contributed by atoms with van der Waals surface area (Å²) in [6, 6.07) is 0. The van der Waals surface area contributed by atoms with Crippen molar-refractivity contribution in [2.75, 3.05) is 17.3 Å². The minimum Gasteiger partial charge on any atom is -0.116 e. The molecule has 0 saturated carbocycles. The van der Waals surface area contributed by atoms with E-state index in [9.17, 15) is 0 Å². The molecule has 4 aliphatic rings. The van der Waals surface area contributed by atoms with E-state index in [4.69, 9.17) is 0 Å². The van der Waals surface area contributed by atoms with E-state index in [-0.39, 0.29) is 0 Å². The minimum absolute atomic E-state index is 0.831. The Hall–Kier alpha value is 2.02. The van der Waals surface area contributed by atoms with Gasteiger partial charge in [-0.25, -0.2) is 0 Å². The molecular formula is C13H14S8. The molecule has 4 rings (SSSR count). The lowest BCUT2D eigenvalue weighted by atomic mass is 10.3. The Balaban J connectivity index is 1.45. The van der Waals surface area contributed by atoms with Gasteiger partial charge in [0.15, 0.2) is 0 Å². The monoisotopic (exact) mass is 426 g/mol. The van der Waals surface area contributed by atoms with E-state index < -0.39 is 0 Å². The molecule has 4 aliphatic heterocycles. The number of thioether (sulfide) groups is 8. The Kier molecular flexibility index (Phi) is 5.89. The van der Waals surface area contributed by atoms with E-state index in [1.807, 2.05) is 47.0 Å². The molecule has 0 aliphatic carbocycles. The second kappa shape index (κ2) is 7.50. The van der Waals surface area contributed by atoms with Gasteiger partial charge in [-0.2, -0.15) is 0 Å². The lowest BCUT2D eigenvalue weighted by molar-refractivity contribution is 0.795. The van der Waals surface area contributed by atoms with Crippen LogP contribution in [0.1, 0.15) is 19.8 Å². The van der Waals surface area contributed by atoms with E-state index in [1.165, 1.54) is 30.1 Å². The van der Waals surface area contributed by atoms with Crippen LogP contribution in [-0.2, 0) is 0 Å². The van der Waals surface area contributed by atoms with Crippen LogP contribution < -0.4 is 0 Å². The Bertz CT molecular complexity index is 526. The summed E-state index contributed by atoms with van der Waals surface area (Å²) in [7, 11) is 0. The first-order valence-corrected chi connectivity index (χ1v) is 13.9. The first kappa shape index (κ1) is 16.5. The SMILES string of the molecule is CCC[C@H]1CSC2=C(SC(=C3SC4=C(SCCS4)S3)S2)S1. The zero-order valence-corrected chi connectivity index (χ0v) is 17.9. The van der Waals surface area contributed by atoms with Crippen molar-refractivity contribution in [1.29, 1.82) is 0 Å². The van der Waals surface area contributed by atoms with Gasteiger partial charge in [-0.15, -0.1) is 47.0 Å². The molecule has 8 heteroatoms. The quantitative estimate of drug-likeness (QED) is 0.440. The summed E-state index contributed by atoms with van der Waals surface area (Å²) in [4.78, 5) is 0. The fourth-order valence-corrected chi connectivity index (χ4v) is 14.9. The third-order valence-electron chi connectivity index (χ3n) is 3.08. The molecule has 0 bridgehead atoms. The molecule has 0 fully saturated rings. The molecule has 0 N–H and O–H groups in total. The third-order valence-corrected chi connectivity index (χ3v) is 15.5. The van der Waals surface area contributed by atoms with E-state index in [0.29, 0.717) is 0 Å². The van der Waals surface area contributed by atoms with Crippen molar-refractivity contribution in [2.24, 2.45) is 0 Å². The summed E-state index contributed by atoms with van der Waals surface area (Å²) in [6.07, 6.45) is 2.67. The van der Waals surface area contributed by atoms with Crippen LogP contribution in [0.25, 0.3) is 0 Å². The highest BCUT2D eigenvalue weighted by molar-refractivity contribution is 8.45. The highest BCUT2D eigenvalue weighted by atomic mass is 32.3. The average Bonchev–Trinajstić information content (AvgIpc) is 3.10. The van der Waals surface area contributed by atoms with E-state index >= 15 is 0 Å². The average molecular weight is 427 g/mol. The first-order chi connectivity index (χ1) is 10.3. The largest absolute Gasteiger partial charge is 0.116 e. The fourth-order valence-electron chi connectivity index (χ4n) is 2.14. The maximum Gasteiger partial charge on any atom is 0.0717 e. The van der Waals surface area contributed by atoms with Gasteiger partial charge in [-0.05, 0) is 6.42 Å². The molecule has 0 radical (unpaired) electrons. The first-order valence-electron chi connectivity index (χ1n) is 6.82. The molecule has 114 valence electrons. The maximum atomic E-state index is 2.30. The van der Waals surface area contributed by atoms with Gasteiger partial charge < -0.3 is 0 Å². The van der Waals surface area contributed by atoms with Crippen LogP contribution >= 0.6 is 94.1 Å². The van der Waals surface area contributed by atoms with Crippen molar-refractivity contribution in [3.05, 3.63) is 25.4 Å². The van der Waals surface area contributed by atoms with Crippen molar-refractivity contribution < 1.29 is 0 Å². The Labute approximate surface area is 160 Å². The molecule has 1 atom stereocenters. The summed E-state index contributed by atoms with van der Waals surface area (Å²) >= 11 is 16.5. The highest BCUT2D eigenvalue weighted by Crippen LogP contribution is 2.68. The summed E-state index contributed by atoms with van der Waals surface area (Å²) in [5, 5.41) is 0.831. The van der Waals surface area contributed by atoms with E-state index in [0.717, 1.165) is 5.25 Å². The van der Waals surface area contributed by atoms with E-state index in [2.05, 4.69) is 54.0 Å². The summed E-state index contributed by atoms with van der Waals surface area (Å²) in [5.41, 5.74) is 0. The second-order valence-electron chi connectivity index (χ2n) is 4.67. The molecule has 0 aromatic rings. The predicted molar refractivity (Wildman–Crippen MR) is 115 cm³/mol. The fraction of sp³-hybridized carbons (Fsp3) is 0.538. The van der Waals surface area contributed by atoms with Crippen LogP contribution in [0, 0.1) is 0 Å². The van der Waals surface area contributed by atoms with Crippen LogP contribution in [0.5, 0.6) is 0 Å². The second-order valence-corrected chi connectivity index (χ2v) is 14.9. The van der Waals surface area contributed by atoms with Gasteiger partial charge in [-0.1, -0.05) is 60.4 Å². The smallest absolute Gasteiger partial charge is 0.0717 e. The van der Waals surface area contributed by atoms with Crippen LogP contribution in [0.3, 0.4) is 0 Å². The number of rotatable bonds is 2. The molecule has 0 amide bonds. The minimum atomic E-state index is 0.831. The highest BCUT2D eigenvalue weighted by Gasteiger charge is 2.34. The van der Waals surface area contributed by atoms with Gasteiger partial charge in [0.2, 0.25) is 0 Å². The van der Waals surface area contributed by atoms with Crippen LogP contribution in [0.2, 0.25) is 0 Å². The summed E-state index contributed by atoms with van der Waals surface area (Å²) in [5.74, 6) is 3.85. The van der Waals surface area contributed by atoms with Gasteiger partial charge in [-0.3, -0.25) is 0 Å². The van der Waals surface area contributed by atoms with Crippen molar-refractivity contribution in [1.82, 2.24) is 0 Å². The summed E-state index contributed by atoms with van der Waals surface area (Å²) < 4.78 is 9.38. The van der Waals surface area contributed by atoms with E-state index in [1.54, 1.807) is 25.4 Å². The zero-order valence-electron chi connectivity index (χ0n) is 11.4. The maximum absolute atomic E-state index is 2.30. The van der Waals surface area contributed by atoms with Crippen LogP contribution in [0.4, 0.5) is 0 Å². The van der Waals surface area contributed by atoms with Gasteiger partial charge >= 0.3 is 0 Å². The Morgan fingerprint density at radius 1 is 0.762 bits per heavy atom. The lowest BCUT2D eigenvalue weighted by Gasteiger charge is -2.20. The predicted octanol–water partition coefficient (Wildman–Crippen LogP) is 7.45. The molecule has 4 heterocycles. The van der Waals surface area contributed by atoms with Gasteiger partial charge in [0.1, 0.15) is 0 Å². The lowest BCUT2D eigenvalue weighted by Crippen LogP contribution is -2.08. The van der Waals surface area contributed by atoms with Crippen molar-refractivity contribution in [3.8, 4) is 0 Å². The zero-order chi connectivity index (χ0) is 14.2. The number of hydrogen-bond acceptors (Lipinski definition) is 8. The molecule has 0 saturated heterocycles. The molecule has 0 nitrogen and oxygen atoms in total. The van der Waals surface area contributed by atoms with Crippen LogP contribution in [0.15, 0.2) is 25.4 Å². The van der Waals surface area contributed by atoms with Gasteiger partial charge in [0.05, 0.1) is 25.4 Å². The molecule has 0 spiro atoms. The standard InChI is InChI=1S/C13H14S8/c1-2-3-7-6-16-10-11(17-7)21-13(20-10)12-18-8-9(19-12)15-5-4-14-8/h7H,2-6H2,1H3/t7-/m0/s1. The molecule has 0 aromatic heterocycles. The van der Waals surface area contributed by atoms with Gasteiger partial charge in [0, 0.05) is 22.5 Å². The van der Waals surface area contributed by atoms with Crippen LogP contribution in [-0.4, -0.2) is 22.5 Å².